The Bertz CT molecular complexity index is 1360. The van der Waals surface area contributed by atoms with Crippen LogP contribution in [0.3, 0.4) is 0 Å². The van der Waals surface area contributed by atoms with Gasteiger partial charge in [-0.3, -0.25) is 14.5 Å². The molecule has 2 aromatic rings. The number of anilines is 1. The van der Waals surface area contributed by atoms with Gasteiger partial charge in [-0.1, -0.05) is 6.07 Å². The molecule has 0 radical (unpaired) electrons. The van der Waals surface area contributed by atoms with E-state index in [1.165, 1.54) is 19.2 Å². The Morgan fingerprint density at radius 2 is 1.97 bits per heavy atom. The van der Waals surface area contributed by atoms with E-state index in [1.54, 1.807) is 29.2 Å². The molecule has 2 heterocycles. The van der Waals surface area contributed by atoms with Crippen LogP contribution < -0.4 is 20.7 Å². The number of nitrogens with zero attached hydrogens (tertiary/aromatic N) is 2. The number of halogens is 1. The van der Waals surface area contributed by atoms with E-state index in [0.29, 0.717) is 35.4 Å². The van der Waals surface area contributed by atoms with Crippen molar-refractivity contribution in [2.45, 2.75) is 43.8 Å². The first-order valence-corrected chi connectivity index (χ1v) is 12.8. The molecule has 6 amide bonds. The second-order valence-electron chi connectivity index (χ2n) is 10.3. The molecule has 0 aromatic heterocycles. The molecule has 11 heteroatoms. The third-order valence-corrected chi connectivity index (χ3v) is 7.95. The summed E-state index contributed by atoms with van der Waals surface area (Å²) in [4.78, 5) is 54.6. The maximum atomic E-state index is 14.0. The fourth-order valence-electron chi connectivity index (χ4n) is 5.82. The van der Waals surface area contributed by atoms with Gasteiger partial charge in [0, 0.05) is 24.8 Å². The van der Waals surface area contributed by atoms with Crippen molar-refractivity contribution < 1.29 is 28.3 Å². The van der Waals surface area contributed by atoms with E-state index < -0.39 is 29.8 Å². The van der Waals surface area contributed by atoms with E-state index in [2.05, 4.69) is 16.0 Å². The molecule has 0 unspecified atom stereocenters. The van der Waals surface area contributed by atoms with Gasteiger partial charge in [0.25, 0.3) is 5.91 Å². The van der Waals surface area contributed by atoms with Crippen LogP contribution in [0.2, 0.25) is 0 Å². The molecule has 10 nitrogen and oxygen atoms in total. The van der Waals surface area contributed by atoms with Crippen molar-refractivity contribution in [3.63, 3.8) is 0 Å². The van der Waals surface area contributed by atoms with Gasteiger partial charge in [-0.05, 0) is 73.1 Å². The predicted octanol–water partition coefficient (Wildman–Crippen LogP) is 2.47. The molecular weight excluding hydrogens is 493 g/mol. The number of hydrogen-bond acceptors (Lipinski definition) is 5. The molecule has 2 fully saturated rings. The number of benzene rings is 2. The summed E-state index contributed by atoms with van der Waals surface area (Å²) in [7, 11) is 1.52. The highest BCUT2D eigenvalue weighted by molar-refractivity contribution is 6.10. The number of urea groups is 2. The van der Waals surface area contributed by atoms with Gasteiger partial charge in [0.1, 0.15) is 30.3 Å². The largest absolute Gasteiger partial charge is 0.491 e. The summed E-state index contributed by atoms with van der Waals surface area (Å²) in [6.07, 6.45) is 2.81. The zero-order valence-electron chi connectivity index (χ0n) is 20.9. The molecule has 4 aliphatic rings. The van der Waals surface area contributed by atoms with Gasteiger partial charge in [-0.15, -0.1) is 0 Å². The van der Waals surface area contributed by atoms with Crippen molar-refractivity contribution in [1.82, 2.24) is 20.4 Å². The maximum Gasteiger partial charge on any atom is 0.325 e. The number of aryl methyl sites for hydroxylation is 1. The van der Waals surface area contributed by atoms with E-state index in [9.17, 15) is 23.6 Å². The van der Waals surface area contributed by atoms with E-state index >= 15 is 0 Å². The van der Waals surface area contributed by atoms with Crippen molar-refractivity contribution >= 4 is 29.6 Å². The first kappa shape index (κ1) is 24.2. The molecule has 3 N–H and O–H groups in total. The minimum absolute atomic E-state index is 0.145. The highest BCUT2D eigenvalue weighted by Gasteiger charge is 2.56. The van der Waals surface area contributed by atoms with Crippen LogP contribution in [0.1, 0.15) is 36.0 Å². The minimum Gasteiger partial charge on any atom is -0.491 e. The average Bonchev–Trinajstić information content (AvgIpc) is 3.66. The molecule has 2 aromatic carbocycles. The SMILES string of the molecule is CNC(=O)Nc1ccc2c(c1)CC[C@@]21NC(=O)N(CC(=O)N2Cc3cc(F)ccc3OC[C@H]2C2CC2)C1=O. The molecule has 2 aliphatic carbocycles. The summed E-state index contributed by atoms with van der Waals surface area (Å²) in [5.41, 5.74) is 1.40. The number of imide groups is 1. The predicted molar refractivity (Wildman–Crippen MR) is 134 cm³/mol. The number of rotatable bonds is 4. The molecule has 2 aliphatic heterocycles. The number of ether oxygens (including phenoxy) is 1. The van der Waals surface area contributed by atoms with Crippen molar-refractivity contribution in [3.8, 4) is 5.75 Å². The van der Waals surface area contributed by atoms with Crippen molar-refractivity contribution in [1.29, 1.82) is 0 Å². The maximum absolute atomic E-state index is 14.0. The van der Waals surface area contributed by atoms with Gasteiger partial charge < -0.3 is 25.6 Å². The van der Waals surface area contributed by atoms with E-state index in [1.807, 2.05) is 0 Å². The summed E-state index contributed by atoms with van der Waals surface area (Å²) in [5, 5.41) is 8.04. The molecule has 1 spiro atoms. The first-order valence-electron chi connectivity index (χ1n) is 12.8. The highest BCUT2D eigenvalue weighted by atomic mass is 19.1. The molecule has 6 rings (SSSR count). The fourth-order valence-corrected chi connectivity index (χ4v) is 5.82. The zero-order valence-corrected chi connectivity index (χ0v) is 20.9. The van der Waals surface area contributed by atoms with Crippen molar-refractivity contribution in [2.24, 2.45) is 5.92 Å². The van der Waals surface area contributed by atoms with Crippen molar-refractivity contribution in [2.75, 3.05) is 25.5 Å². The molecular formula is C27H28FN5O5. The Morgan fingerprint density at radius 1 is 1.16 bits per heavy atom. The lowest BCUT2D eigenvalue weighted by Crippen LogP contribution is -2.49. The summed E-state index contributed by atoms with van der Waals surface area (Å²) >= 11 is 0. The lowest BCUT2D eigenvalue weighted by Gasteiger charge is -2.30. The molecule has 198 valence electrons. The van der Waals surface area contributed by atoms with Crippen LogP contribution in [-0.4, -0.2) is 59.9 Å². The first-order chi connectivity index (χ1) is 18.3. The monoisotopic (exact) mass is 521 g/mol. The Kier molecular flexibility index (Phi) is 5.73. The van der Waals surface area contributed by atoms with Crippen LogP contribution >= 0.6 is 0 Å². The number of hydrogen-bond donors (Lipinski definition) is 3. The Hall–Kier alpha value is -4.15. The summed E-state index contributed by atoms with van der Waals surface area (Å²) < 4.78 is 19.9. The van der Waals surface area contributed by atoms with Crippen LogP contribution in [0.5, 0.6) is 5.75 Å². The lowest BCUT2D eigenvalue weighted by molar-refractivity contribution is -0.141. The standard InChI is InChI=1S/C27H28FN5O5/c1-29-25(36)30-19-5-6-20-16(11-19)8-9-27(20)24(35)33(26(37)31-27)13-23(34)32-12-17-10-18(28)4-7-22(17)38-14-21(32)15-2-3-15/h4-7,10-11,15,21H,2-3,8-9,12-14H2,1H3,(H,31,37)(H2,29,30,36)/t21-,27+/m0/s1. The van der Waals surface area contributed by atoms with Gasteiger partial charge >= 0.3 is 12.1 Å². The number of carbonyl (C=O) groups excluding carboxylic acids is 4. The number of nitrogens with one attached hydrogen (secondary N) is 3. The van der Waals surface area contributed by atoms with Crippen molar-refractivity contribution in [3.05, 3.63) is 58.9 Å². The zero-order chi connectivity index (χ0) is 26.6. The van der Waals surface area contributed by atoms with E-state index in [0.717, 1.165) is 23.3 Å². The third-order valence-electron chi connectivity index (χ3n) is 7.95. The molecule has 1 saturated carbocycles. The number of carbonyl (C=O) groups is 4. The van der Waals surface area contributed by atoms with Crippen LogP contribution in [-0.2, 0) is 28.1 Å². The quantitative estimate of drug-likeness (QED) is 0.534. The lowest BCUT2D eigenvalue weighted by atomic mass is 9.91. The molecule has 0 bridgehead atoms. The second-order valence-corrected chi connectivity index (χ2v) is 10.3. The smallest absolute Gasteiger partial charge is 0.325 e. The van der Waals surface area contributed by atoms with Gasteiger partial charge in [-0.2, -0.15) is 0 Å². The third kappa shape index (κ3) is 4.02. The van der Waals surface area contributed by atoms with Gasteiger partial charge in [0.05, 0.1) is 6.04 Å². The van der Waals surface area contributed by atoms with E-state index in [-0.39, 0.29) is 37.0 Å². The van der Waals surface area contributed by atoms with E-state index in [4.69, 9.17) is 4.74 Å². The Balaban J connectivity index is 1.23. The van der Waals surface area contributed by atoms with Gasteiger partial charge in [-0.25, -0.2) is 14.0 Å². The fraction of sp³-hybridized carbons (Fsp3) is 0.407. The number of fused-ring (bicyclic) bond motifs is 3. The Labute approximate surface area is 218 Å². The molecule has 1 saturated heterocycles. The average molecular weight is 522 g/mol. The molecule has 38 heavy (non-hydrogen) atoms. The van der Waals surface area contributed by atoms with Gasteiger partial charge in [0.15, 0.2) is 0 Å². The minimum atomic E-state index is -1.24. The Morgan fingerprint density at radius 3 is 2.74 bits per heavy atom. The van der Waals surface area contributed by atoms with Crippen LogP contribution in [0.15, 0.2) is 36.4 Å². The molecule has 2 atom stereocenters. The van der Waals surface area contributed by atoms with Crippen LogP contribution in [0, 0.1) is 11.7 Å². The van der Waals surface area contributed by atoms with Crippen LogP contribution in [0.4, 0.5) is 19.7 Å². The second kappa shape index (κ2) is 9.00. The summed E-state index contributed by atoms with van der Waals surface area (Å²) in [6, 6.07) is 8.26. The number of amides is 6. The normalized spacial score (nSPS) is 23.9. The van der Waals surface area contributed by atoms with Gasteiger partial charge in [0.2, 0.25) is 5.91 Å². The topological polar surface area (TPSA) is 120 Å². The highest BCUT2D eigenvalue weighted by Crippen LogP contribution is 2.43. The van der Waals surface area contributed by atoms with Crippen LogP contribution in [0.25, 0.3) is 0 Å². The summed E-state index contributed by atoms with van der Waals surface area (Å²) in [6.45, 7) is 0.0106. The summed E-state index contributed by atoms with van der Waals surface area (Å²) in [5.74, 6) is -0.469.